The summed E-state index contributed by atoms with van der Waals surface area (Å²) >= 11 is 0. The summed E-state index contributed by atoms with van der Waals surface area (Å²) in [5, 5.41) is 10.3. The van der Waals surface area contributed by atoms with Gasteiger partial charge in [0.25, 0.3) is 0 Å². The molecule has 4 atom stereocenters. The average molecular weight is 323 g/mol. The van der Waals surface area contributed by atoms with Crippen molar-refractivity contribution < 1.29 is 13.5 Å². The van der Waals surface area contributed by atoms with Crippen LogP contribution in [0.3, 0.4) is 0 Å². The fraction of sp³-hybridized carbons (Fsp3) is 0.647. The van der Waals surface area contributed by atoms with Crippen molar-refractivity contribution in [3.63, 3.8) is 0 Å². The number of nitrogens with zero attached hydrogens (tertiary/aromatic N) is 1. The van der Waals surface area contributed by atoms with Crippen LogP contribution in [0.1, 0.15) is 51.0 Å². The van der Waals surface area contributed by atoms with Gasteiger partial charge in [0, 0.05) is 0 Å². The quantitative estimate of drug-likeness (QED) is 0.848. The summed E-state index contributed by atoms with van der Waals surface area (Å²) in [7, 11) is -3.51. The second-order valence-electron chi connectivity index (χ2n) is 6.73. The number of aryl methyl sites for hydroxylation is 1. The molecule has 0 radical (unpaired) electrons. The van der Waals surface area contributed by atoms with Crippen molar-refractivity contribution in [3.8, 4) is 0 Å². The number of unbranched alkanes of at least 4 members (excludes halogenated alkanes) is 1. The van der Waals surface area contributed by atoms with Gasteiger partial charge in [-0.2, -0.15) is 4.31 Å². The van der Waals surface area contributed by atoms with Crippen LogP contribution in [-0.4, -0.2) is 35.5 Å². The third kappa shape index (κ3) is 2.39. The second kappa shape index (κ2) is 5.62. The number of aliphatic hydroxyl groups excluding tert-OH is 1. The molecule has 2 fully saturated rings. The van der Waals surface area contributed by atoms with Crippen LogP contribution < -0.4 is 0 Å². The summed E-state index contributed by atoms with van der Waals surface area (Å²) in [6.45, 7) is 4.06. The average Bonchev–Trinajstić information content (AvgIpc) is 3.17. The van der Waals surface area contributed by atoms with Crippen molar-refractivity contribution in [3.05, 3.63) is 29.8 Å². The minimum Gasteiger partial charge on any atom is -0.391 e. The largest absolute Gasteiger partial charge is 0.391 e. The van der Waals surface area contributed by atoms with E-state index in [4.69, 9.17) is 0 Å². The predicted octanol–water partition coefficient (Wildman–Crippen LogP) is 2.84. The van der Waals surface area contributed by atoms with E-state index in [2.05, 4.69) is 6.92 Å². The summed E-state index contributed by atoms with van der Waals surface area (Å²) in [5.74, 6) is 0. The monoisotopic (exact) mass is 323 g/mol. The van der Waals surface area contributed by atoms with E-state index in [9.17, 15) is 13.5 Å². The molecule has 1 N–H and O–H groups in total. The number of benzene rings is 1. The number of hydrogen-bond donors (Lipinski definition) is 1. The Kier molecular flexibility index (Phi) is 4.08. The highest BCUT2D eigenvalue weighted by molar-refractivity contribution is 7.89. The van der Waals surface area contributed by atoms with E-state index in [-0.39, 0.29) is 11.6 Å². The lowest BCUT2D eigenvalue weighted by Gasteiger charge is -2.22. The standard InChI is InChI=1S/C17H25NO3S/c1-3-4-11-17-12-5-6-15(19)16(17)18(17)22(20,21)14-9-7-13(2)8-10-14/h7-10,15-16,19H,3-6,11-12H2,1-2H3/t15-,16+,17-,18?/m1/s1. The summed E-state index contributed by atoms with van der Waals surface area (Å²) in [6, 6.07) is 6.79. The van der Waals surface area contributed by atoms with Gasteiger partial charge in [-0.3, -0.25) is 0 Å². The maximum absolute atomic E-state index is 13.0. The van der Waals surface area contributed by atoms with Crippen molar-refractivity contribution in [2.24, 2.45) is 0 Å². The molecular weight excluding hydrogens is 298 g/mol. The zero-order valence-electron chi connectivity index (χ0n) is 13.3. The van der Waals surface area contributed by atoms with Gasteiger partial charge >= 0.3 is 0 Å². The lowest BCUT2D eigenvalue weighted by molar-refractivity contribution is 0.131. The molecule has 1 aliphatic carbocycles. The predicted molar refractivity (Wildman–Crippen MR) is 86.1 cm³/mol. The normalized spacial score (nSPS) is 34.2. The van der Waals surface area contributed by atoms with Crippen molar-refractivity contribution in [1.82, 2.24) is 4.31 Å². The van der Waals surface area contributed by atoms with E-state index in [1.165, 1.54) is 0 Å². The van der Waals surface area contributed by atoms with Crippen LogP contribution in [0.5, 0.6) is 0 Å². The molecule has 1 unspecified atom stereocenters. The summed E-state index contributed by atoms with van der Waals surface area (Å²) in [5.41, 5.74) is 0.708. The van der Waals surface area contributed by atoms with Crippen molar-refractivity contribution in [1.29, 1.82) is 0 Å². The topological polar surface area (TPSA) is 57.4 Å². The molecule has 0 aromatic heterocycles. The van der Waals surface area contributed by atoms with E-state index >= 15 is 0 Å². The lowest BCUT2D eigenvalue weighted by Crippen LogP contribution is -2.29. The highest BCUT2D eigenvalue weighted by Gasteiger charge is 2.70. The number of fused-ring (bicyclic) bond motifs is 1. The molecule has 0 bridgehead atoms. The van der Waals surface area contributed by atoms with Gasteiger partial charge in [0.1, 0.15) is 0 Å². The Bertz CT molecular complexity index is 640. The third-order valence-electron chi connectivity index (χ3n) is 5.19. The first-order valence-electron chi connectivity index (χ1n) is 8.23. The lowest BCUT2D eigenvalue weighted by atomic mass is 9.84. The van der Waals surface area contributed by atoms with Gasteiger partial charge in [-0.1, -0.05) is 37.5 Å². The van der Waals surface area contributed by atoms with E-state index in [0.29, 0.717) is 11.3 Å². The minimum absolute atomic E-state index is 0.223. The maximum Gasteiger partial charge on any atom is 0.244 e. The molecular formula is C17H25NO3S. The molecule has 0 spiro atoms. The highest BCUT2D eigenvalue weighted by atomic mass is 32.2. The van der Waals surface area contributed by atoms with Crippen molar-refractivity contribution >= 4 is 10.0 Å². The Morgan fingerprint density at radius 2 is 2.00 bits per heavy atom. The van der Waals surface area contributed by atoms with Crippen molar-refractivity contribution in [2.45, 2.75) is 75.0 Å². The smallest absolute Gasteiger partial charge is 0.244 e. The zero-order chi connectivity index (χ0) is 16.0. The van der Waals surface area contributed by atoms with Crippen LogP contribution in [0.2, 0.25) is 0 Å². The molecule has 0 amide bonds. The zero-order valence-corrected chi connectivity index (χ0v) is 14.1. The second-order valence-corrected chi connectivity index (χ2v) is 8.54. The van der Waals surface area contributed by atoms with Crippen molar-refractivity contribution in [2.75, 3.05) is 0 Å². The van der Waals surface area contributed by atoms with Crippen LogP contribution >= 0.6 is 0 Å². The Morgan fingerprint density at radius 3 is 2.64 bits per heavy atom. The fourth-order valence-electron chi connectivity index (χ4n) is 3.99. The Morgan fingerprint density at radius 1 is 1.32 bits per heavy atom. The SMILES string of the molecule is CCCC[C@@]12CCC[C@@H](O)[C@@H]1N2S(=O)(=O)c1ccc(C)cc1. The number of rotatable bonds is 5. The molecule has 1 saturated carbocycles. The summed E-state index contributed by atoms with van der Waals surface area (Å²) < 4.78 is 27.6. The summed E-state index contributed by atoms with van der Waals surface area (Å²) in [4.78, 5) is 0.343. The van der Waals surface area contributed by atoms with Gasteiger partial charge in [-0.15, -0.1) is 0 Å². The molecule has 4 nitrogen and oxygen atoms in total. The molecule has 22 heavy (non-hydrogen) atoms. The number of sulfonamides is 1. The van der Waals surface area contributed by atoms with Crippen LogP contribution in [0.15, 0.2) is 29.2 Å². The molecule has 5 heteroatoms. The first kappa shape index (κ1) is 16.0. The molecule has 122 valence electrons. The van der Waals surface area contributed by atoms with Crippen LogP contribution in [0.4, 0.5) is 0 Å². The maximum atomic E-state index is 13.0. The number of aliphatic hydroxyl groups is 1. The Balaban J connectivity index is 1.94. The Hall–Kier alpha value is -0.910. The fourth-order valence-corrected chi connectivity index (χ4v) is 6.06. The highest BCUT2D eigenvalue weighted by Crippen LogP contribution is 2.56. The molecule has 1 aliphatic heterocycles. The van der Waals surface area contributed by atoms with Gasteiger partial charge in [0.05, 0.1) is 22.6 Å². The van der Waals surface area contributed by atoms with Crippen LogP contribution in [0, 0.1) is 6.92 Å². The summed E-state index contributed by atoms with van der Waals surface area (Å²) in [6.07, 6.45) is 4.87. The molecule has 2 aliphatic rings. The molecule has 1 heterocycles. The molecule has 1 aromatic carbocycles. The van der Waals surface area contributed by atoms with E-state index in [0.717, 1.165) is 37.7 Å². The van der Waals surface area contributed by atoms with Gasteiger partial charge in [0.2, 0.25) is 10.0 Å². The molecule has 3 rings (SSSR count). The first-order chi connectivity index (χ1) is 10.4. The van der Waals surface area contributed by atoms with E-state index < -0.39 is 16.1 Å². The minimum atomic E-state index is -3.51. The van der Waals surface area contributed by atoms with Crippen LogP contribution in [0.25, 0.3) is 0 Å². The van der Waals surface area contributed by atoms with E-state index in [1.807, 2.05) is 19.1 Å². The third-order valence-corrected chi connectivity index (χ3v) is 7.17. The van der Waals surface area contributed by atoms with Gasteiger partial charge in [-0.25, -0.2) is 8.42 Å². The first-order valence-corrected chi connectivity index (χ1v) is 9.67. The van der Waals surface area contributed by atoms with Gasteiger partial charge in [0.15, 0.2) is 0 Å². The Labute approximate surface area is 133 Å². The number of hydrogen-bond acceptors (Lipinski definition) is 3. The van der Waals surface area contributed by atoms with Gasteiger partial charge < -0.3 is 5.11 Å². The molecule has 1 aromatic rings. The van der Waals surface area contributed by atoms with Gasteiger partial charge in [-0.05, 0) is 44.7 Å². The van der Waals surface area contributed by atoms with Crippen LogP contribution in [-0.2, 0) is 10.0 Å². The molecule has 1 saturated heterocycles. The van der Waals surface area contributed by atoms with E-state index in [1.54, 1.807) is 16.4 Å².